The highest BCUT2D eigenvalue weighted by atomic mass is 32.2. The molecule has 0 radical (unpaired) electrons. The zero-order chi connectivity index (χ0) is 22.9. The monoisotopic (exact) mass is 463 g/mol. The minimum atomic E-state index is -0.420. The van der Waals surface area contributed by atoms with Gasteiger partial charge < -0.3 is 10.2 Å². The number of nitrogens with zero attached hydrogens (tertiary/aromatic N) is 1. The van der Waals surface area contributed by atoms with Crippen molar-refractivity contribution < 1.29 is 14.4 Å². The molecule has 6 nitrogen and oxygen atoms in total. The smallest absolute Gasteiger partial charge is 0.286 e. The lowest BCUT2D eigenvalue weighted by Crippen LogP contribution is -2.36. The van der Waals surface area contributed by atoms with Gasteiger partial charge in [0.15, 0.2) is 0 Å². The van der Waals surface area contributed by atoms with Gasteiger partial charge in [0.2, 0.25) is 11.8 Å². The summed E-state index contributed by atoms with van der Waals surface area (Å²) in [4.78, 5) is 39.1. The van der Waals surface area contributed by atoms with Crippen molar-refractivity contribution in [1.82, 2.24) is 5.32 Å². The highest BCUT2D eigenvalue weighted by Crippen LogP contribution is 2.43. The number of anilines is 2. The Labute approximate surface area is 198 Å². The van der Waals surface area contributed by atoms with Crippen LogP contribution in [0.2, 0.25) is 0 Å². The second kappa shape index (κ2) is 9.21. The van der Waals surface area contributed by atoms with Crippen molar-refractivity contribution in [3.05, 3.63) is 59.2 Å². The van der Waals surface area contributed by atoms with Crippen LogP contribution in [0, 0.1) is 12.8 Å². The number of thioether (sulfide) groups is 1. The van der Waals surface area contributed by atoms with Crippen LogP contribution >= 0.6 is 11.8 Å². The number of benzene rings is 2. The average Bonchev–Trinajstić information content (AvgIpc) is 3.15. The minimum Gasteiger partial charge on any atom is -0.372 e. The summed E-state index contributed by atoms with van der Waals surface area (Å²) in [5.74, 6) is 0.268. The van der Waals surface area contributed by atoms with Gasteiger partial charge >= 0.3 is 0 Å². The summed E-state index contributed by atoms with van der Waals surface area (Å²) in [5, 5.41) is 4.78. The summed E-state index contributed by atoms with van der Waals surface area (Å²) in [7, 11) is 0. The van der Waals surface area contributed by atoms with Crippen LogP contribution in [-0.4, -0.2) is 35.4 Å². The van der Waals surface area contributed by atoms with E-state index in [0.29, 0.717) is 18.8 Å². The summed E-state index contributed by atoms with van der Waals surface area (Å²) < 4.78 is 0. The quantitative estimate of drug-likeness (QED) is 0.676. The number of amides is 3. The van der Waals surface area contributed by atoms with Crippen LogP contribution in [0.4, 0.5) is 16.2 Å². The first-order valence-electron chi connectivity index (χ1n) is 11.7. The van der Waals surface area contributed by atoms with Gasteiger partial charge in [0.05, 0.1) is 0 Å². The summed E-state index contributed by atoms with van der Waals surface area (Å²) in [6, 6.07) is 14.6. The molecular formula is C26H29N3O3S. The molecular weight excluding hydrogens is 434 g/mol. The van der Waals surface area contributed by atoms with Crippen LogP contribution in [0.15, 0.2) is 42.5 Å². The Morgan fingerprint density at radius 3 is 2.45 bits per heavy atom. The Kier molecular flexibility index (Phi) is 6.15. The molecule has 3 heterocycles. The second-order valence-corrected chi connectivity index (χ2v) is 10.5. The molecule has 0 spiro atoms. The third-order valence-corrected chi connectivity index (χ3v) is 8.28. The van der Waals surface area contributed by atoms with E-state index >= 15 is 0 Å². The van der Waals surface area contributed by atoms with Crippen molar-refractivity contribution in [2.75, 3.05) is 23.3 Å². The van der Waals surface area contributed by atoms with E-state index < -0.39 is 5.25 Å². The molecule has 7 heteroatoms. The van der Waals surface area contributed by atoms with Crippen LogP contribution in [0.1, 0.15) is 48.3 Å². The van der Waals surface area contributed by atoms with E-state index in [-0.39, 0.29) is 23.0 Å². The van der Waals surface area contributed by atoms with Gasteiger partial charge in [0, 0.05) is 36.8 Å². The minimum absolute atomic E-state index is 0.0304. The molecule has 2 fully saturated rings. The first-order chi connectivity index (χ1) is 16.0. The topological polar surface area (TPSA) is 78.5 Å². The molecule has 0 aliphatic carbocycles. The van der Waals surface area contributed by atoms with Gasteiger partial charge in [-0.1, -0.05) is 41.6 Å². The number of aryl methyl sites for hydroxylation is 1. The third-order valence-electron chi connectivity index (χ3n) is 7.17. The van der Waals surface area contributed by atoms with Gasteiger partial charge in [0.1, 0.15) is 5.25 Å². The fourth-order valence-corrected chi connectivity index (χ4v) is 6.37. The number of nitrogens with one attached hydrogen (secondary N) is 2. The molecule has 2 aromatic rings. The maximum absolute atomic E-state index is 12.7. The lowest BCUT2D eigenvalue weighted by atomic mass is 9.79. The molecule has 0 aromatic heterocycles. The van der Waals surface area contributed by atoms with Crippen molar-refractivity contribution in [1.29, 1.82) is 0 Å². The lowest BCUT2D eigenvalue weighted by molar-refractivity contribution is -0.119. The molecule has 3 aliphatic rings. The number of hydrogen-bond donors (Lipinski definition) is 2. The van der Waals surface area contributed by atoms with Crippen molar-refractivity contribution in [3.63, 3.8) is 0 Å². The van der Waals surface area contributed by atoms with Gasteiger partial charge in [0.25, 0.3) is 5.24 Å². The fourth-order valence-electron chi connectivity index (χ4n) is 5.39. The number of hydrogen-bond acceptors (Lipinski definition) is 5. The zero-order valence-electron chi connectivity index (χ0n) is 18.8. The summed E-state index contributed by atoms with van der Waals surface area (Å²) in [6.45, 7) is 4.09. The Hall–Kier alpha value is -2.80. The Balaban J connectivity index is 1.36. The van der Waals surface area contributed by atoms with Gasteiger partial charge in [-0.25, -0.2) is 0 Å². The number of rotatable bonds is 5. The third kappa shape index (κ3) is 4.64. The first-order valence-corrected chi connectivity index (χ1v) is 12.6. The maximum atomic E-state index is 12.7. The zero-order valence-corrected chi connectivity index (χ0v) is 19.6. The molecule has 33 heavy (non-hydrogen) atoms. The number of carbonyl (C=O) groups is 3. The van der Waals surface area contributed by atoms with E-state index in [9.17, 15) is 14.4 Å². The van der Waals surface area contributed by atoms with Crippen LogP contribution in [0.25, 0.3) is 0 Å². The number of fused-ring (bicyclic) bond motifs is 1. The van der Waals surface area contributed by atoms with Gasteiger partial charge in [-0.3, -0.25) is 19.7 Å². The molecule has 2 unspecified atom stereocenters. The van der Waals surface area contributed by atoms with E-state index in [0.717, 1.165) is 60.9 Å². The summed E-state index contributed by atoms with van der Waals surface area (Å²) in [5.41, 5.74) is 5.60. The molecule has 0 saturated carbocycles. The van der Waals surface area contributed by atoms with Crippen molar-refractivity contribution in [3.8, 4) is 0 Å². The maximum Gasteiger partial charge on any atom is 0.286 e. The van der Waals surface area contributed by atoms with Gasteiger partial charge in [-0.2, -0.15) is 0 Å². The average molecular weight is 464 g/mol. The molecule has 0 bridgehead atoms. The fraction of sp³-hybridized carbons (Fsp3) is 0.423. The normalized spacial score (nSPS) is 22.0. The van der Waals surface area contributed by atoms with Crippen molar-refractivity contribution in [2.24, 2.45) is 5.92 Å². The number of carbonyl (C=O) groups excluding carboxylic acids is 3. The molecule has 2 N–H and O–H groups in total. The lowest BCUT2D eigenvalue weighted by Gasteiger charge is -2.36. The molecule has 2 atom stereocenters. The van der Waals surface area contributed by atoms with E-state index in [1.54, 1.807) is 0 Å². The first kappa shape index (κ1) is 22.0. The van der Waals surface area contributed by atoms with Crippen LogP contribution in [0.5, 0.6) is 0 Å². The van der Waals surface area contributed by atoms with Gasteiger partial charge in [-0.15, -0.1) is 0 Å². The van der Waals surface area contributed by atoms with Crippen LogP contribution in [0.3, 0.4) is 0 Å². The molecule has 172 valence electrons. The van der Waals surface area contributed by atoms with Crippen molar-refractivity contribution in [2.45, 2.75) is 50.2 Å². The summed E-state index contributed by atoms with van der Waals surface area (Å²) >= 11 is 1.12. The van der Waals surface area contributed by atoms with E-state index in [4.69, 9.17) is 0 Å². The van der Waals surface area contributed by atoms with Gasteiger partial charge in [-0.05, 0) is 67.9 Å². The standard InChI is InChI=1S/C26H29N3O3S/c1-16-5-7-18(8-6-16)29-13-11-17(12-14-29)15-21(24-25(31)28-26(32)33-24)19-3-2-4-22-20(19)9-10-23(30)27-22/h2-8,17,21,24H,9-15H2,1H3,(H,27,30)(H,28,31,32). The molecule has 2 aromatic carbocycles. The van der Waals surface area contributed by atoms with Crippen LogP contribution in [-0.2, 0) is 16.0 Å². The highest BCUT2D eigenvalue weighted by Gasteiger charge is 2.41. The summed E-state index contributed by atoms with van der Waals surface area (Å²) in [6.07, 6.45) is 4.11. The van der Waals surface area contributed by atoms with E-state index in [1.807, 2.05) is 12.1 Å². The SMILES string of the molecule is Cc1ccc(N2CCC(CC(c3cccc4c3CCC(=O)N4)C3SC(=O)NC3=O)CC2)cc1. The highest BCUT2D eigenvalue weighted by molar-refractivity contribution is 8.15. The van der Waals surface area contributed by atoms with E-state index in [2.05, 4.69) is 52.8 Å². The predicted octanol–water partition coefficient (Wildman–Crippen LogP) is 4.62. The molecule has 3 aliphatic heterocycles. The second-order valence-electron chi connectivity index (χ2n) is 9.34. The Morgan fingerprint density at radius 2 is 1.76 bits per heavy atom. The number of imide groups is 1. The Bertz CT molecular complexity index is 1080. The molecule has 3 amide bonds. The van der Waals surface area contributed by atoms with Crippen LogP contribution < -0.4 is 15.5 Å². The molecule has 5 rings (SSSR count). The largest absolute Gasteiger partial charge is 0.372 e. The predicted molar refractivity (Wildman–Crippen MR) is 132 cm³/mol. The number of piperidine rings is 1. The van der Waals surface area contributed by atoms with Crippen molar-refractivity contribution >= 4 is 40.2 Å². The van der Waals surface area contributed by atoms with E-state index in [1.165, 1.54) is 11.3 Å². The Morgan fingerprint density at radius 1 is 1.00 bits per heavy atom. The molecule has 2 saturated heterocycles.